The molecule has 1 aromatic rings. The quantitative estimate of drug-likeness (QED) is 0.740. The molecule has 2 aliphatic rings. The lowest BCUT2D eigenvalue weighted by molar-refractivity contribution is -0.111. The van der Waals surface area contributed by atoms with Crippen LogP contribution in [0.15, 0.2) is 18.2 Å². The van der Waals surface area contributed by atoms with Crippen LogP contribution < -0.4 is 4.90 Å². The zero-order valence-electron chi connectivity index (χ0n) is 17.4. The number of aldehydes is 2. The topological polar surface area (TPSA) is 66.9 Å². The van der Waals surface area contributed by atoms with Gasteiger partial charge in [0.15, 0.2) is 0 Å². The Labute approximate surface area is 166 Å². The van der Waals surface area contributed by atoms with Crippen LogP contribution in [0.25, 0.3) is 0 Å². The molecule has 0 unspecified atom stereocenters. The predicted octanol–water partition coefficient (Wildman–Crippen LogP) is 3.57. The lowest BCUT2D eigenvalue weighted by Gasteiger charge is -2.43. The number of amides is 1. The minimum Gasteiger partial charge on any atom is -0.444 e. The summed E-state index contributed by atoms with van der Waals surface area (Å²) >= 11 is 0. The molecule has 28 heavy (non-hydrogen) atoms. The highest BCUT2D eigenvalue weighted by atomic mass is 16.6. The molecular formula is C22H30N2O4. The summed E-state index contributed by atoms with van der Waals surface area (Å²) in [5.41, 5.74) is 0.825. The van der Waals surface area contributed by atoms with Crippen LogP contribution >= 0.6 is 0 Å². The molecule has 1 saturated carbocycles. The minimum atomic E-state index is -0.734. The van der Waals surface area contributed by atoms with Crippen LogP contribution in [-0.4, -0.2) is 54.3 Å². The maximum absolute atomic E-state index is 12.6. The van der Waals surface area contributed by atoms with E-state index in [9.17, 15) is 14.4 Å². The van der Waals surface area contributed by atoms with E-state index in [1.54, 1.807) is 6.07 Å². The normalized spacial score (nSPS) is 18.8. The maximum atomic E-state index is 12.6. The summed E-state index contributed by atoms with van der Waals surface area (Å²) in [6.07, 6.45) is 3.35. The van der Waals surface area contributed by atoms with Gasteiger partial charge in [0.25, 0.3) is 0 Å². The van der Waals surface area contributed by atoms with Crippen molar-refractivity contribution in [2.24, 2.45) is 0 Å². The van der Waals surface area contributed by atoms with Gasteiger partial charge in [-0.25, -0.2) is 4.79 Å². The molecule has 0 aromatic heterocycles. The first kappa shape index (κ1) is 20.4. The first-order chi connectivity index (χ1) is 13.0. The van der Waals surface area contributed by atoms with Crippen molar-refractivity contribution >= 4 is 24.4 Å². The van der Waals surface area contributed by atoms with Gasteiger partial charge in [0.2, 0.25) is 0 Å². The van der Waals surface area contributed by atoms with Gasteiger partial charge >= 0.3 is 6.09 Å². The third-order valence-corrected chi connectivity index (χ3v) is 5.61. The average molecular weight is 386 g/mol. The van der Waals surface area contributed by atoms with Gasteiger partial charge < -0.3 is 14.4 Å². The van der Waals surface area contributed by atoms with E-state index in [0.29, 0.717) is 18.7 Å². The summed E-state index contributed by atoms with van der Waals surface area (Å²) in [7, 11) is 0. The summed E-state index contributed by atoms with van der Waals surface area (Å²) in [5, 5.41) is 0. The average Bonchev–Trinajstić information content (AvgIpc) is 3.38. The molecule has 0 atom stereocenters. The highest BCUT2D eigenvalue weighted by molar-refractivity contribution is 5.83. The Balaban J connectivity index is 1.83. The Morgan fingerprint density at radius 1 is 1.11 bits per heavy atom. The van der Waals surface area contributed by atoms with Gasteiger partial charge in [-0.2, -0.15) is 0 Å². The Kier molecular flexibility index (Phi) is 5.02. The Bertz CT molecular complexity index is 790. The van der Waals surface area contributed by atoms with Crippen molar-refractivity contribution in [1.82, 2.24) is 4.90 Å². The van der Waals surface area contributed by atoms with E-state index in [-0.39, 0.29) is 11.6 Å². The molecule has 2 fully saturated rings. The van der Waals surface area contributed by atoms with E-state index in [1.807, 2.05) is 51.7 Å². The van der Waals surface area contributed by atoms with Gasteiger partial charge in [-0.1, -0.05) is 0 Å². The lowest BCUT2D eigenvalue weighted by Crippen LogP contribution is -2.58. The molecule has 0 radical (unpaired) electrons. The highest BCUT2D eigenvalue weighted by Gasteiger charge is 2.54. The van der Waals surface area contributed by atoms with Crippen LogP contribution in [0, 0.1) is 0 Å². The van der Waals surface area contributed by atoms with Gasteiger partial charge in [-0.3, -0.25) is 9.69 Å². The van der Waals surface area contributed by atoms with E-state index in [4.69, 9.17) is 4.74 Å². The van der Waals surface area contributed by atoms with Crippen LogP contribution in [0.1, 0.15) is 63.4 Å². The van der Waals surface area contributed by atoms with Crippen molar-refractivity contribution in [3.05, 3.63) is 29.3 Å². The number of hydrogen-bond acceptors (Lipinski definition) is 5. The van der Waals surface area contributed by atoms with E-state index < -0.39 is 11.0 Å². The van der Waals surface area contributed by atoms with Crippen LogP contribution in [0.3, 0.4) is 0 Å². The van der Waals surface area contributed by atoms with E-state index >= 15 is 0 Å². The molecular weight excluding hydrogens is 356 g/mol. The fourth-order valence-corrected chi connectivity index (χ4v) is 3.84. The van der Waals surface area contributed by atoms with Gasteiger partial charge in [-0.15, -0.1) is 0 Å². The summed E-state index contributed by atoms with van der Waals surface area (Å²) in [5.74, 6) is 0. The van der Waals surface area contributed by atoms with Gasteiger partial charge in [0.1, 0.15) is 18.2 Å². The van der Waals surface area contributed by atoms with Crippen molar-refractivity contribution < 1.29 is 19.1 Å². The maximum Gasteiger partial charge on any atom is 0.410 e. The van der Waals surface area contributed by atoms with E-state index in [2.05, 4.69) is 4.90 Å². The molecule has 6 nitrogen and oxygen atoms in total. The highest BCUT2D eigenvalue weighted by Crippen LogP contribution is 2.46. The monoisotopic (exact) mass is 386 g/mol. The smallest absolute Gasteiger partial charge is 0.410 e. The Morgan fingerprint density at radius 2 is 1.79 bits per heavy atom. The van der Waals surface area contributed by atoms with Crippen LogP contribution in [0.5, 0.6) is 0 Å². The van der Waals surface area contributed by atoms with Gasteiger partial charge in [-0.05, 0) is 71.2 Å². The molecule has 1 aliphatic carbocycles. The molecule has 1 saturated heterocycles. The number of hydrogen-bond donors (Lipinski definition) is 0. The first-order valence-corrected chi connectivity index (χ1v) is 9.83. The van der Waals surface area contributed by atoms with Gasteiger partial charge in [0, 0.05) is 36.3 Å². The lowest BCUT2D eigenvalue weighted by atomic mass is 9.83. The Hall–Kier alpha value is -2.37. The number of anilines is 1. The van der Waals surface area contributed by atoms with Gasteiger partial charge in [0.05, 0.1) is 5.54 Å². The number of carbonyl (C=O) groups is 3. The molecule has 0 N–H and O–H groups in total. The van der Waals surface area contributed by atoms with Crippen LogP contribution in [0.2, 0.25) is 0 Å². The largest absolute Gasteiger partial charge is 0.444 e. The minimum absolute atomic E-state index is 0.176. The first-order valence-electron chi connectivity index (χ1n) is 9.83. The van der Waals surface area contributed by atoms with Crippen molar-refractivity contribution in [3.8, 4) is 0 Å². The summed E-state index contributed by atoms with van der Waals surface area (Å²) < 4.78 is 5.59. The summed E-state index contributed by atoms with van der Waals surface area (Å²) in [6.45, 7) is 11.3. The van der Waals surface area contributed by atoms with Crippen molar-refractivity contribution in [3.63, 3.8) is 0 Å². The second-order valence-corrected chi connectivity index (χ2v) is 9.51. The van der Waals surface area contributed by atoms with E-state index in [0.717, 1.165) is 43.2 Å². The number of carbonyl (C=O) groups excluding carboxylic acids is 3. The zero-order valence-corrected chi connectivity index (χ0v) is 17.4. The number of rotatable bonds is 4. The summed E-state index contributed by atoms with van der Waals surface area (Å²) in [4.78, 5) is 39.7. The number of ether oxygens (including phenoxy) is 1. The molecule has 1 amide bonds. The molecule has 1 aromatic carbocycles. The van der Waals surface area contributed by atoms with Crippen molar-refractivity contribution in [1.29, 1.82) is 0 Å². The zero-order chi connectivity index (χ0) is 20.7. The number of piperazine rings is 1. The SMILES string of the molecule is CC(C)(C)OC(=O)N1CCN(c2ccc(C=O)c(C(C)(C)C=O)c2)CC12CC2. The summed E-state index contributed by atoms with van der Waals surface area (Å²) in [6, 6.07) is 5.65. The second kappa shape index (κ2) is 6.90. The molecule has 0 bridgehead atoms. The van der Waals surface area contributed by atoms with E-state index in [1.165, 1.54) is 0 Å². The number of nitrogens with zero attached hydrogens (tertiary/aromatic N) is 2. The fraction of sp³-hybridized carbons (Fsp3) is 0.591. The van der Waals surface area contributed by atoms with Crippen molar-refractivity contribution in [2.45, 2.75) is 64.0 Å². The van der Waals surface area contributed by atoms with Crippen LogP contribution in [-0.2, 0) is 14.9 Å². The molecule has 1 aliphatic heterocycles. The molecule has 1 spiro atoms. The second-order valence-electron chi connectivity index (χ2n) is 9.51. The predicted molar refractivity (Wildman–Crippen MR) is 108 cm³/mol. The van der Waals surface area contributed by atoms with Crippen molar-refractivity contribution in [2.75, 3.05) is 24.5 Å². The molecule has 6 heteroatoms. The standard InChI is InChI=1S/C22H30N2O4/c1-20(2,3)28-19(27)24-11-10-23(14-22(24)8-9-22)17-7-6-16(13-25)18(12-17)21(4,5)15-26/h6-7,12-13,15H,8-11,14H2,1-5H3. The number of benzene rings is 1. The molecule has 152 valence electrons. The third kappa shape index (κ3) is 3.91. The Morgan fingerprint density at radius 3 is 2.32 bits per heavy atom. The molecule has 1 heterocycles. The molecule has 3 rings (SSSR count). The fourth-order valence-electron chi connectivity index (χ4n) is 3.84. The third-order valence-electron chi connectivity index (χ3n) is 5.61. The van der Waals surface area contributed by atoms with Crippen LogP contribution in [0.4, 0.5) is 10.5 Å².